The summed E-state index contributed by atoms with van der Waals surface area (Å²) in [5.41, 5.74) is 0.0671. The van der Waals surface area contributed by atoms with E-state index in [9.17, 15) is 19.4 Å². The monoisotopic (exact) mass is 435 g/mol. The normalized spacial score (nSPS) is 11.6. The number of pyridine rings is 3. The summed E-state index contributed by atoms with van der Waals surface area (Å²) in [6.45, 7) is 3.30. The molecule has 0 amide bonds. The Hall–Kier alpha value is -2.46. The van der Waals surface area contributed by atoms with Crippen LogP contribution in [-0.4, -0.2) is 32.6 Å². The van der Waals surface area contributed by atoms with Gasteiger partial charge in [-0.1, -0.05) is 23.2 Å². The summed E-state index contributed by atoms with van der Waals surface area (Å²) < 4.78 is 20.3. The van der Waals surface area contributed by atoms with Gasteiger partial charge in [0.2, 0.25) is 0 Å². The molecule has 3 heterocycles. The van der Waals surface area contributed by atoms with Crippen molar-refractivity contribution in [2.45, 2.75) is 19.8 Å². The summed E-state index contributed by atoms with van der Waals surface area (Å²) in [4.78, 5) is 20.3. The SMILES string of the molecule is [B]c1cc(-n2c(C)cc(OC(O)(O)c3ncc(Cl)cc3F)c(Cl)c2=O)c(C)cn1. The van der Waals surface area contributed by atoms with Crippen molar-refractivity contribution in [3.8, 4) is 11.4 Å². The first-order valence-electron chi connectivity index (χ1n) is 8.11. The summed E-state index contributed by atoms with van der Waals surface area (Å²) in [6, 6.07) is 3.61. The van der Waals surface area contributed by atoms with Crippen LogP contribution in [0.15, 0.2) is 35.4 Å². The third-order valence-electron chi connectivity index (χ3n) is 4.01. The molecule has 3 rings (SSSR count). The van der Waals surface area contributed by atoms with Crippen molar-refractivity contribution in [2.75, 3.05) is 0 Å². The summed E-state index contributed by atoms with van der Waals surface area (Å²) in [6.07, 6.45) is 2.50. The quantitative estimate of drug-likeness (QED) is 0.477. The Morgan fingerprint density at radius 3 is 2.52 bits per heavy atom. The predicted octanol–water partition coefficient (Wildman–Crippen LogP) is 1.66. The van der Waals surface area contributed by atoms with Gasteiger partial charge in [0.05, 0.1) is 10.7 Å². The van der Waals surface area contributed by atoms with Crippen molar-refractivity contribution in [2.24, 2.45) is 0 Å². The van der Waals surface area contributed by atoms with Crippen molar-refractivity contribution in [3.63, 3.8) is 0 Å². The molecule has 0 spiro atoms. The fourth-order valence-corrected chi connectivity index (χ4v) is 3.00. The van der Waals surface area contributed by atoms with Gasteiger partial charge in [-0.15, -0.1) is 0 Å². The minimum Gasteiger partial charge on any atom is -0.433 e. The van der Waals surface area contributed by atoms with Gasteiger partial charge in [-0.25, -0.2) is 9.37 Å². The van der Waals surface area contributed by atoms with E-state index in [0.717, 1.165) is 12.3 Å². The Bertz CT molecular complexity index is 1170. The van der Waals surface area contributed by atoms with Crippen LogP contribution < -0.4 is 15.9 Å². The van der Waals surface area contributed by atoms with E-state index in [1.54, 1.807) is 13.8 Å². The molecular weight excluding hydrogens is 423 g/mol. The Kier molecular flexibility index (Phi) is 5.69. The summed E-state index contributed by atoms with van der Waals surface area (Å²) >= 11 is 11.7. The van der Waals surface area contributed by atoms with Crippen LogP contribution in [0.3, 0.4) is 0 Å². The molecule has 0 aliphatic rings. The average Bonchev–Trinajstić information content (AvgIpc) is 2.62. The number of nitrogens with zero attached hydrogens (tertiary/aromatic N) is 3. The van der Waals surface area contributed by atoms with Crippen molar-refractivity contribution >= 4 is 36.6 Å². The van der Waals surface area contributed by atoms with Crippen LogP contribution in [0, 0.1) is 19.7 Å². The minimum absolute atomic E-state index is 0.0504. The Labute approximate surface area is 175 Å². The molecule has 0 saturated heterocycles. The van der Waals surface area contributed by atoms with Crippen LogP contribution in [0.1, 0.15) is 17.0 Å². The van der Waals surface area contributed by atoms with Crippen LogP contribution in [0.25, 0.3) is 5.69 Å². The Morgan fingerprint density at radius 1 is 1.17 bits per heavy atom. The van der Waals surface area contributed by atoms with Gasteiger partial charge in [0, 0.05) is 24.2 Å². The second kappa shape index (κ2) is 7.76. The first kappa shape index (κ1) is 21.3. The van der Waals surface area contributed by atoms with E-state index in [2.05, 4.69) is 9.97 Å². The van der Waals surface area contributed by atoms with Crippen LogP contribution in [0.4, 0.5) is 4.39 Å². The third kappa shape index (κ3) is 4.13. The number of ether oxygens (including phenoxy) is 1. The molecule has 0 aliphatic carbocycles. The number of hydrogen-bond acceptors (Lipinski definition) is 6. The molecule has 0 aliphatic heterocycles. The van der Waals surface area contributed by atoms with Gasteiger partial charge >= 0.3 is 5.97 Å². The van der Waals surface area contributed by atoms with Gasteiger partial charge in [0.1, 0.15) is 12.9 Å². The van der Waals surface area contributed by atoms with E-state index in [-0.39, 0.29) is 16.4 Å². The summed E-state index contributed by atoms with van der Waals surface area (Å²) in [5.74, 6) is -4.71. The predicted molar refractivity (Wildman–Crippen MR) is 106 cm³/mol. The molecule has 2 N–H and O–H groups in total. The summed E-state index contributed by atoms with van der Waals surface area (Å²) in [7, 11) is 5.70. The molecule has 0 atom stereocenters. The molecule has 0 aromatic carbocycles. The van der Waals surface area contributed by atoms with Gasteiger partial charge in [-0.05, 0) is 37.1 Å². The lowest BCUT2D eigenvalue weighted by atomic mass is 10.0. The summed E-state index contributed by atoms with van der Waals surface area (Å²) in [5, 5.41) is 19.8. The number of aliphatic hydroxyl groups is 2. The molecule has 0 unspecified atom stereocenters. The van der Waals surface area contributed by atoms with Crippen LogP contribution >= 0.6 is 23.2 Å². The molecular formula is C18H13BCl2FN3O4. The maximum Gasteiger partial charge on any atom is 0.372 e. The smallest absolute Gasteiger partial charge is 0.372 e. The second-order valence-corrected chi connectivity index (χ2v) is 7.01. The molecule has 0 saturated carbocycles. The maximum absolute atomic E-state index is 14.0. The zero-order valence-electron chi connectivity index (χ0n) is 15.2. The van der Waals surface area contributed by atoms with E-state index < -0.39 is 28.1 Å². The van der Waals surface area contributed by atoms with E-state index in [0.29, 0.717) is 16.9 Å². The first-order chi connectivity index (χ1) is 13.5. The Morgan fingerprint density at radius 2 is 1.86 bits per heavy atom. The highest BCUT2D eigenvalue weighted by molar-refractivity contribution is 6.32. The third-order valence-corrected chi connectivity index (χ3v) is 4.56. The van der Waals surface area contributed by atoms with E-state index >= 15 is 0 Å². The molecule has 29 heavy (non-hydrogen) atoms. The molecule has 148 valence electrons. The van der Waals surface area contributed by atoms with Gasteiger partial charge in [-0.3, -0.25) is 14.3 Å². The topological polar surface area (TPSA) is 97.5 Å². The van der Waals surface area contributed by atoms with E-state index in [1.165, 1.54) is 22.9 Å². The highest BCUT2D eigenvalue weighted by atomic mass is 35.5. The van der Waals surface area contributed by atoms with Crippen molar-refractivity contribution in [3.05, 3.63) is 73.8 Å². The number of aryl methyl sites for hydroxylation is 2. The van der Waals surface area contributed by atoms with Gasteiger partial charge in [0.15, 0.2) is 17.3 Å². The minimum atomic E-state index is -3.21. The molecule has 11 heteroatoms. The van der Waals surface area contributed by atoms with Gasteiger partial charge in [0.25, 0.3) is 5.56 Å². The average molecular weight is 436 g/mol. The lowest BCUT2D eigenvalue weighted by Gasteiger charge is -2.24. The number of rotatable bonds is 4. The highest BCUT2D eigenvalue weighted by Crippen LogP contribution is 2.30. The van der Waals surface area contributed by atoms with Crippen LogP contribution in [0.2, 0.25) is 10.0 Å². The second-order valence-electron chi connectivity index (χ2n) is 6.19. The van der Waals surface area contributed by atoms with E-state index in [4.69, 9.17) is 35.8 Å². The lowest BCUT2D eigenvalue weighted by molar-refractivity contribution is -0.308. The zero-order chi connectivity index (χ0) is 21.5. The molecule has 0 fully saturated rings. The highest BCUT2D eigenvalue weighted by Gasteiger charge is 2.36. The standard InChI is InChI=1S/C18H13BCl2FN3O4/c1-8-6-23-14(19)5-12(8)25-9(2)3-13(15(21)17(25)26)29-18(27,28)16-11(22)4-10(20)7-24-16/h3-7,27-28H,1-2H3. The molecule has 0 bridgehead atoms. The Balaban J connectivity index is 2.09. The number of aromatic nitrogens is 3. The van der Waals surface area contributed by atoms with Gasteiger partial charge in [-0.2, -0.15) is 0 Å². The van der Waals surface area contributed by atoms with Crippen LogP contribution in [-0.2, 0) is 5.97 Å². The van der Waals surface area contributed by atoms with Crippen molar-refractivity contribution < 1.29 is 19.3 Å². The fraction of sp³-hybridized carbons (Fsp3) is 0.167. The van der Waals surface area contributed by atoms with E-state index in [1.807, 2.05) is 0 Å². The zero-order valence-corrected chi connectivity index (χ0v) is 16.7. The lowest BCUT2D eigenvalue weighted by Crippen LogP contribution is -2.35. The number of hydrogen-bond donors (Lipinski definition) is 2. The number of halogens is 3. The molecule has 3 aromatic rings. The largest absolute Gasteiger partial charge is 0.433 e. The molecule has 7 nitrogen and oxygen atoms in total. The molecule has 3 aromatic heterocycles. The molecule has 2 radical (unpaired) electrons. The first-order valence-corrected chi connectivity index (χ1v) is 8.86. The van der Waals surface area contributed by atoms with Gasteiger partial charge < -0.3 is 14.9 Å². The van der Waals surface area contributed by atoms with Crippen LogP contribution in [0.5, 0.6) is 5.75 Å². The fourth-order valence-electron chi connectivity index (χ4n) is 2.68. The maximum atomic E-state index is 14.0. The van der Waals surface area contributed by atoms with Crippen molar-refractivity contribution in [1.82, 2.24) is 14.5 Å². The van der Waals surface area contributed by atoms with Crippen molar-refractivity contribution in [1.29, 1.82) is 0 Å².